The smallest absolute Gasteiger partial charge is 0.270 e. The molecule has 1 saturated heterocycles. The van der Waals surface area contributed by atoms with Crippen LogP contribution in [0.1, 0.15) is 16.8 Å². The van der Waals surface area contributed by atoms with Crippen LogP contribution in [0, 0.1) is 23.7 Å². The molecule has 0 radical (unpaired) electrons. The Morgan fingerprint density at radius 3 is 2.36 bits per heavy atom. The van der Waals surface area contributed by atoms with Crippen LogP contribution in [-0.4, -0.2) is 22.7 Å². The summed E-state index contributed by atoms with van der Waals surface area (Å²) in [5.41, 5.74) is 2.86. The first kappa shape index (κ1) is 13.7. The number of carbonyl (C=O) groups is 3. The summed E-state index contributed by atoms with van der Waals surface area (Å²) in [4.78, 5) is 37.2. The maximum atomic E-state index is 12.5. The number of hydrogen-bond acceptors (Lipinski definition) is 3. The van der Waals surface area contributed by atoms with Crippen LogP contribution in [0.5, 0.6) is 0 Å². The van der Waals surface area contributed by atoms with E-state index in [9.17, 15) is 14.4 Å². The minimum absolute atomic E-state index is 0.138. The van der Waals surface area contributed by atoms with E-state index < -0.39 is 5.91 Å². The third-order valence-corrected chi connectivity index (χ3v) is 5.26. The summed E-state index contributed by atoms with van der Waals surface area (Å²) >= 11 is 3.29. The summed E-state index contributed by atoms with van der Waals surface area (Å²) in [5.74, 6) is -1.34. The third-order valence-electron chi connectivity index (χ3n) is 4.77. The van der Waals surface area contributed by atoms with Gasteiger partial charge < -0.3 is 0 Å². The Balaban J connectivity index is 1.56. The number of fused-ring (bicyclic) bond motifs is 5. The largest absolute Gasteiger partial charge is 0.272 e. The summed E-state index contributed by atoms with van der Waals surface area (Å²) < 4.78 is 0.762. The molecule has 0 spiro atoms. The molecule has 2 bridgehead atoms. The van der Waals surface area contributed by atoms with E-state index in [0.717, 1.165) is 15.9 Å². The number of nitrogens with one attached hydrogen (secondary N) is 1. The molecule has 112 valence electrons. The van der Waals surface area contributed by atoms with Crippen LogP contribution in [0.4, 0.5) is 0 Å². The van der Waals surface area contributed by atoms with Crippen molar-refractivity contribution in [3.63, 3.8) is 0 Å². The Kier molecular flexibility index (Phi) is 2.97. The lowest BCUT2D eigenvalue weighted by Crippen LogP contribution is -2.47. The first-order valence-electron chi connectivity index (χ1n) is 7.19. The fraction of sp³-hybridized carbons (Fsp3) is 0.312. The average molecular weight is 361 g/mol. The van der Waals surface area contributed by atoms with Crippen molar-refractivity contribution in [1.82, 2.24) is 10.4 Å². The predicted molar refractivity (Wildman–Crippen MR) is 81.2 cm³/mol. The van der Waals surface area contributed by atoms with Crippen LogP contribution in [0.2, 0.25) is 0 Å². The van der Waals surface area contributed by atoms with Gasteiger partial charge in [0.05, 0.1) is 11.8 Å². The molecule has 1 heterocycles. The van der Waals surface area contributed by atoms with Gasteiger partial charge in [-0.15, -0.1) is 0 Å². The second kappa shape index (κ2) is 4.78. The van der Waals surface area contributed by atoms with Gasteiger partial charge in [-0.3, -0.25) is 19.8 Å². The molecule has 4 atom stereocenters. The Labute approximate surface area is 135 Å². The minimum Gasteiger partial charge on any atom is -0.272 e. The molecular weight excluding hydrogens is 348 g/mol. The van der Waals surface area contributed by atoms with E-state index in [1.165, 1.54) is 0 Å². The van der Waals surface area contributed by atoms with Crippen molar-refractivity contribution < 1.29 is 14.4 Å². The molecule has 1 aromatic carbocycles. The second-order valence-corrected chi connectivity index (χ2v) is 6.88. The van der Waals surface area contributed by atoms with Crippen molar-refractivity contribution in [1.29, 1.82) is 0 Å². The van der Waals surface area contributed by atoms with Gasteiger partial charge in [-0.25, -0.2) is 0 Å². The molecule has 2 fully saturated rings. The van der Waals surface area contributed by atoms with Gasteiger partial charge in [0.1, 0.15) is 0 Å². The van der Waals surface area contributed by atoms with Gasteiger partial charge in [-0.1, -0.05) is 34.1 Å². The summed E-state index contributed by atoms with van der Waals surface area (Å²) in [7, 11) is 0. The number of nitrogens with zero attached hydrogens (tertiary/aromatic N) is 1. The number of benzene rings is 1. The SMILES string of the molecule is O=C(NN1C(=O)[C@@H]2[C@@H](C1=O)[C@H]1C=C[C@H]2C1)c1cccc(Br)c1. The van der Waals surface area contributed by atoms with E-state index in [1.54, 1.807) is 24.3 Å². The van der Waals surface area contributed by atoms with Crippen molar-refractivity contribution in [2.45, 2.75) is 6.42 Å². The number of rotatable bonds is 2. The normalized spacial score (nSPS) is 31.8. The Bertz CT molecular complexity index is 700. The van der Waals surface area contributed by atoms with E-state index in [4.69, 9.17) is 0 Å². The number of hydrazine groups is 1. The molecular formula is C16H13BrN2O3. The molecule has 6 heteroatoms. The highest BCUT2D eigenvalue weighted by molar-refractivity contribution is 9.10. The Morgan fingerprint density at radius 2 is 1.77 bits per heavy atom. The number of amides is 3. The van der Waals surface area contributed by atoms with Crippen LogP contribution in [0.25, 0.3) is 0 Å². The molecule has 4 rings (SSSR count). The van der Waals surface area contributed by atoms with Gasteiger partial charge in [0.15, 0.2) is 0 Å². The number of imide groups is 1. The fourth-order valence-corrected chi connectivity index (χ4v) is 4.21. The lowest BCUT2D eigenvalue weighted by molar-refractivity contribution is -0.143. The summed E-state index contributed by atoms with van der Waals surface area (Å²) in [6.07, 6.45) is 4.92. The Morgan fingerprint density at radius 1 is 1.14 bits per heavy atom. The molecule has 5 nitrogen and oxygen atoms in total. The number of carbonyl (C=O) groups excluding carboxylic acids is 3. The quantitative estimate of drug-likeness (QED) is 0.646. The molecule has 0 unspecified atom stereocenters. The van der Waals surface area contributed by atoms with Crippen molar-refractivity contribution >= 4 is 33.7 Å². The van der Waals surface area contributed by atoms with Gasteiger partial charge in [0, 0.05) is 10.0 Å². The van der Waals surface area contributed by atoms with Crippen LogP contribution in [0.3, 0.4) is 0 Å². The molecule has 3 aliphatic rings. The van der Waals surface area contributed by atoms with Crippen LogP contribution in [0.15, 0.2) is 40.9 Å². The van der Waals surface area contributed by atoms with E-state index in [1.807, 2.05) is 12.2 Å². The van der Waals surface area contributed by atoms with Gasteiger partial charge in [0.2, 0.25) is 0 Å². The lowest BCUT2D eigenvalue weighted by Gasteiger charge is -2.18. The fourth-order valence-electron chi connectivity index (χ4n) is 3.81. The predicted octanol–water partition coefficient (Wildman–Crippen LogP) is 1.90. The minimum atomic E-state index is -0.455. The maximum absolute atomic E-state index is 12.5. The number of allylic oxidation sites excluding steroid dienone is 2. The van der Waals surface area contributed by atoms with Gasteiger partial charge >= 0.3 is 0 Å². The van der Waals surface area contributed by atoms with Crippen LogP contribution >= 0.6 is 15.9 Å². The van der Waals surface area contributed by atoms with E-state index in [2.05, 4.69) is 21.4 Å². The summed E-state index contributed by atoms with van der Waals surface area (Å²) in [5, 5.41) is 0.921. The zero-order valence-electron chi connectivity index (χ0n) is 11.5. The monoisotopic (exact) mass is 360 g/mol. The molecule has 1 saturated carbocycles. The van der Waals surface area contributed by atoms with E-state index >= 15 is 0 Å². The molecule has 1 N–H and O–H groups in total. The molecule has 22 heavy (non-hydrogen) atoms. The van der Waals surface area contributed by atoms with Gasteiger partial charge in [-0.05, 0) is 36.5 Å². The summed E-state index contributed by atoms with van der Waals surface area (Å²) in [6, 6.07) is 6.81. The molecule has 0 aromatic heterocycles. The van der Waals surface area contributed by atoms with Crippen molar-refractivity contribution in [3.8, 4) is 0 Å². The first-order chi connectivity index (χ1) is 10.6. The average Bonchev–Trinajstić information content (AvgIpc) is 3.17. The Hall–Kier alpha value is -1.95. The van der Waals surface area contributed by atoms with Crippen molar-refractivity contribution in [2.75, 3.05) is 0 Å². The van der Waals surface area contributed by atoms with Crippen molar-refractivity contribution in [3.05, 3.63) is 46.5 Å². The highest BCUT2D eigenvalue weighted by atomic mass is 79.9. The van der Waals surface area contributed by atoms with Crippen LogP contribution < -0.4 is 5.43 Å². The maximum Gasteiger partial charge on any atom is 0.270 e. The zero-order valence-corrected chi connectivity index (χ0v) is 13.1. The first-order valence-corrected chi connectivity index (χ1v) is 7.98. The number of halogens is 1. The molecule has 3 amide bonds. The number of hydrogen-bond donors (Lipinski definition) is 1. The standard InChI is InChI=1S/C16H13BrN2O3/c17-11-3-1-2-10(7-11)14(20)18-19-15(21)12-8-4-5-9(6-8)13(12)16(19)22/h1-5,7-9,12-13H,6H2,(H,18,20)/t8-,9-,12-,13-/m0/s1. The van der Waals surface area contributed by atoms with Gasteiger partial charge in [0.25, 0.3) is 17.7 Å². The van der Waals surface area contributed by atoms with E-state index in [-0.39, 0.29) is 35.5 Å². The molecule has 2 aliphatic carbocycles. The van der Waals surface area contributed by atoms with Crippen molar-refractivity contribution in [2.24, 2.45) is 23.7 Å². The third kappa shape index (κ3) is 1.86. The molecule has 1 aliphatic heterocycles. The zero-order chi connectivity index (χ0) is 15.4. The van der Waals surface area contributed by atoms with E-state index in [0.29, 0.717) is 5.56 Å². The highest BCUT2D eigenvalue weighted by Gasteiger charge is 2.59. The lowest BCUT2D eigenvalue weighted by atomic mass is 9.85. The topological polar surface area (TPSA) is 66.5 Å². The van der Waals surface area contributed by atoms with Crippen LogP contribution in [-0.2, 0) is 9.59 Å². The molecule has 1 aromatic rings. The second-order valence-electron chi connectivity index (χ2n) is 5.96. The summed E-state index contributed by atoms with van der Waals surface area (Å²) in [6.45, 7) is 0. The highest BCUT2D eigenvalue weighted by Crippen LogP contribution is 2.52. The van der Waals surface area contributed by atoms with Gasteiger partial charge in [-0.2, -0.15) is 5.01 Å².